The number of amides is 7. The van der Waals surface area contributed by atoms with Crippen LogP contribution >= 0.6 is 0 Å². The molecule has 19 N–H and O–H groups in total. The quantitative estimate of drug-likeness (QED) is 0.0267. The van der Waals surface area contributed by atoms with Crippen LogP contribution in [0, 0.1) is 5.41 Å². The zero-order valence-electron chi connectivity index (χ0n) is 62.0. The van der Waals surface area contributed by atoms with Gasteiger partial charge in [0.1, 0.15) is 78.8 Å². The first kappa shape index (κ1) is 94.7. The lowest BCUT2D eigenvalue weighted by molar-refractivity contribution is -0.301. The largest absolute Gasteiger partial charge is 0.394 e. The van der Waals surface area contributed by atoms with Gasteiger partial charge in [-0.25, -0.2) is 0 Å². The zero-order chi connectivity index (χ0) is 77.4. The fourth-order valence-electron chi connectivity index (χ4n) is 11.4. The Hall–Kier alpha value is -4.55. The maximum atomic E-state index is 13.9. The molecule has 3 heterocycles. The topological polar surface area (TPSA) is 530 Å². The SMILES string of the molecule is CC(C)(C)CCCCCCCCCCC(=O)NC(COCCC(=O)NCCCNC(=O)CCCCO[C@H]1OC(CO)[C@@H](O)[C@H](O)C1O)(COCCC(=O)NCCCNC(=O)CCCCO[C@H]1OC(CO)[C@@H](O)[C@H](O)C1O)COCCC(=O)NCCCNC(=O)CCCCO[C@H]1OC(CO)[C@@H](O)[C@H](O)C1O. The van der Waals surface area contributed by atoms with Gasteiger partial charge in [-0.3, -0.25) is 33.6 Å². The fourth-order valence-corrected chi connectivity index (χ4v) is 11.4. The number of unbranched alkanes of at least 4 members (excludes halogenated alkanes) is 10. The van der Waals surface area contributed by atoms with Crippen LogP contribution in [0.5, 0.6) is 0 Å². The summed E-state index contributed by atoms with van der Waals surface area (Å²) in [6.07, 6.45) is -7.46. The van der Waals surface area contributed by atoms with Crippen LogP contribution in [0.3, 0.4) is 0 Å². The third-order valence-corrected chi connectivity index (χ3v) is 17.8. The van der Waals surface area contributed by atoms with Crippen LogP contribution in [0.15, 0.2) is 0 Å². The fraction of sp³-hybridized carbons (Fsp3) is 0.900. The van der Waals surface area contributed by atoms with Crippen molar-refractivity contribution in [1.29, 1.82) is 0 Å². The van der Waals surface area contributed by atoms with Crippen LogP contribution in [0.1, 0.15) is 181 Å². The van der Waals surface area contributed by atoms with Gasteiger partial charge in [0.25, 0.3) is 0 Å². The van der Waals surface area contributed by atoms with Gasteiger partial charge in [-0.1, -0.05) is 65.7 Å². The highest BCUT2D eigenvalue weighted by molar-refractivity contribution is 5.78. The number of carbonyl (C=O) groups is 7. The van der Waals surface area contributed by atoms with Gasteiger partial charge < -0.3 is 141 Å². The Kier molecular flexibility index (Phi) is 49.5. The van der Waals surface area contributed by atoms with Crippen molar-refractivity contribution >= 4 is 41.4 Å². The van der Waals surface area contributed by atoms with E-state index in [1.54, 1.807) is 0 Å². The van der Waals surface area contributed by atoms with Crippen LogP contribution in [0.4, 0.5) is 0 Å². The van der Waals surface area contributed by atoms with Gasteiger partial charge in [-0.05, 0) is 76.0 Å². The Labute approximate surface area is 616 Å². The van der Waals surface area contributed by atoms with Gasteiger partial charge in [0, 0.05) is 104 Å². The Morgan fingerprint density at radius 1 is 0.305 bits per heavy atom. The van der Waals surface area contributed by atoms with E-state index >= 15 is 0 Å². The summed E-state index contributed by atoms with van der Waals surface area (Å²) in [6, 6.07) is 0. The van der Waals surface area contributed by atoms with Crippen LogP contribution in [-0.4, -0.2) is 319 Å². The molecule has 0 aromatic heterocycles. The second kappa shape index (κ2) is 54.9. The van der Waals surface area contributed by atoms with Crippen LogP contribution in [-0.2, 0) is 76.2 Å². The molecule has 15 atom stereocenters. The lowest BCUT2D eigenvalue weighted by Crippen LogP contribution is -2.59. The van der Waals surface area contributed by atoms with E-state index in [9.17, 15) is 94.8 Å². The molecule has 0 aliphatic carbocycles. The smallest absolute Gasteiger partial charge is 0.222 e. The number of rotatable bonds is 59. The second-order valence-electron chi connectivity index (χ2n) is 28.4. The molecule has 35 nitrogen and oxygen atoms in total. The second-order valence-corrected chi connectivity index (χ2v) is 28.4. The summed E-state index contributed by atoms with van der Waals surface area (Å²) in [6.45, 7) is 5.85. The van der Waals surface area contributed by atoms with E-state index in [2.05, 4.69) is 58.0 Å². The first-order chi connectivity index (χ1) is 50.2. The van der Waals surface area contributed by atoms with Gasteiger partial charge in [0.15, 0.2) is 18.9 Å². The summed E-state index contributed by atoms with van der Waals surface area (Å²) >= 11 is 0. The van der Waals surface area contributed by atoms with E-state index in [0.29, 0.717) is 69.6 Å². The van der Waals surface area contributed by atoms with Crippen LogP contribution in [0.25, 0.3) is 0 Å². The molecule has 3 aliphatic rings. The van der Waals surface area contributed by atoms with E-state index in [4.69, 9.17) is 42.6 Å². The normalized spacial score (nSPS) is 25.4. The van der Waals surface area contributed by atoms with Crippen molar-refractivity contribution in [1.82, 2.24) is 37.2 Å². The highest BCUT2D eigenvalue weighted by Gasteiger charge is 2.46. The average molecular weight is 1520 g/mol. The first-order valence-electron chi connectivity index (χ1n) is 37.7. The van der Waals surface area contributed by atoms with Gasteiger partial charge in [0.2, 0.25) is 41.4 Å². The monoisotopic (exact) mass is 1520 g/mol. The van der Waals surface area contributed by atoms with Gasteiger partial charge in [0.05, 0.1) is 59.5 Å². The number of nitrogens with one attached hydrogen (secondary N) is 7. The Morgan fingerprint density at radius 2 is 0.562 bits per heavy atom. The maximum absolute atomic E-state index is 13.9. The van der Waals surface area contributed by atoms with Crippen molar-refractivity contribution in [2.75, 3.05) is 119 Å². The number of hydrogen-bond donors (Lipinski definition) is 19. The molecule has 0 aromatic rings. The predicted octanol–water partition coefficient (Wildman–Crippen LogP) is -3.16. The molecule has 3 rings (SSSR count). The maximum Gasteiger partial charge on any atom is 0.222 e. The molecule has 105 heavy (non-hydrogen) atoms. The minimum atomic E-state index is -1.57. The molecule has 6 unspecified atom stereocenters. The van der Waals surface area contributed by atoms with Crippen LogP contribution < -0.4 is 37.2 Å². The first-order valence-corrected chi connectivity index (χ1v) is 37.7. The standard InChI is InChI=1S/C70H129N7O28/c1-69(2,3)28-14-9-7-5-4-6-8-10-24-56(87)77-70(44-97-38-25-53(84)74-32-18-29-71-50(81)21-11-15-35-100-66-63(94)60(91)57(88)47(41-78)103-66,45-98-39-26-54(85)75-33-19-30-72-51(82)22-12-16-36-101-67-64(95)61(92)58(89)48(42-79)104-67)46-99-40-27-55(86)76-34-20-31-73-52(83)23-13-17-37-102-68-65(96)62(93)59(90)49(43-80)105-68/h47-49,57-68,78-80,88-96H,4-46H2,1-3H3,(H,71,81)(H,72,82)(H,73,83)(H,74,84)(H,75,85)(H,76,86)(H,77,87)/t47?,48?,49?,57-,58-,59-,60+,61+,62+,63?,64?,65?,66+,67+,68+,70?/m1/s1. The minimum Gasteiger partial charge on any atom is -0.394 e. The Balaban J connectivity index is 1.52. The molecule has 0 spiro atoms. The molecule has 612 valence electrons. The van der Waals surface area contributed by atoms with Crippen molar-refractivity contribution in [3.8, 4) is 0 Å². The van der Waals surface area contributed by atoms with Gasteiger partial charge in [-0.2, -0.15) is 0 Å². The molecule has 35 heteroatoms. The summed E-state index contributed by atoms with van der Waals surface area (Å²) in [5.74, 6) is -2.05. The van der Waals surface area contributed by atoms with Crippen molar-refractivity contribution in [3.63, 3.8) is 0 Å². The predicted molar refractivity (Wildman–Crippen MR) is 375 cm³/mol. The lowest BCUT2D eigenvalue weighted by atomic mass is 9.89. The zero-order valence-corrected chi connectivity index (χ0v) is 62.0. The third kappa shape index (κ3) is 40.6. The van der Waals surface area contributed by atoms with E-state index in [0.717, 1.165) is 32.1 Å². The van der Waals surface area contributed by atoms with Gasteiger partial charge in [-0.15, -0.1) is 0 Å². The van der Waals surface area contributed by atoms with Gasteiger partial charge >= 0.3 is 0 Å². The number of ether oxygens (including phenoxy) is 9. The van der Waals surface area contributed by atoms with Crippen molar-refractivity contribution in [2.45, 2.75) is 279 Å². The molecular formula is C70H129N7O28. The molecule has 0 radical (unpaired) electrons. The number of aliphatic hydroxyl groups excluding tert-OH is 12. The molecule has 0 aromatic carbocycles. The highest BCUT2D eigenvalue weighted by atomic mass is 16.7. The van der Waals surface area contributed by atoms with E-state index in [1.807, 2.05) is 0 Å². The number of hydrogen-bond acceptors (Lipinski definition) is 28. The summed E-state index contributed by atoms with van der Waals surface area (Å²) in [5, 5.41) is 138. The third-order valence-electron chi connectivity index (χ3n) is 17.8. The lowest BCUT2D eigenvalue weighted by Gasteiger charge is -2.39. The Bertz CT molecular complexity index is 2170. The van der Waals surface area contributed by atoms with E-state index < -0.39 is 117 Å². The number of carbonyl (C=O) groups excluding carboxylic acids is 7. The van der Waals surface area contributed by atoms with Crippen molar-refractivity contribution in [2.24, 2.45) is 5.41 Å². The molecule has 3 saturated heterocycles. The van der Waals surface area contributed by atoms with Crippen molar-refractivity contribution in [3.05, 3.63) is 0 Å². The summed E-state index contributed by atoms with van der Waals surface area (Å²) in [7, 11) is 0. The summed E-state index contributed by atoms with van der Waals surface area (Å²) < 4.78 is 50.7. The summed E-state index contributed by atoms with van der Waals surface area (Å²) in [4.78, 5) is 90.4. The molecule has 0 saturated carbocycles. The molecule has 3 fully saturated rings. The minimum absolute atomic E-state index is 0.0758. The molecule has 3 aliphatic heterocycles. The highest BCUT2D eigenvalue weighted by Crippen LogP contribution is 2.26. The Morgan fingerprint density at radius 3 is 0.848 bits per heavy atom. The average Bonchev–Trinajstić information content (AvgIpc) is 0.835. The van der Waals surface area contributed by atoms with E-state index in [-0.39, 0.29) is 185 Å². The summed E-state index contributed by atoms with van der Waals surface area (Å²) in [5.41, 5.74) is -1.06. The van der Waals surface area contributed by atoms with Crippen LogP contribution in [0.2, 0.25) is 0 Å². The van der Waals surface area contributed by atoms with Crippen molar-refractivity contribution < 1.29 is 137 Å². The molecule has 7 amide bonds. The molecule has 0 bridgehead atoms. The molecular weight excluding hydrogens is 1390 g/mol. The van der Waals surface area contributed by atoms with E-state index in [1.165, 1.54) is 19.3 Å². The number of aliphatic hydroxyl groups is 12.